The van der Waals surface area contributed by atoms with Gasteiger partial charge in [-0.25, -0.2) is 4.98 Å². The second-order valence-corrected chi connectivity index (χ2v) is 15.6. The Balaban J connectivity index is 1.05. The SMILES string of the molecule is C1=C2C(CC(n3c4ccccc4c4cc5c6ccccc6n(-c6ccc7c(c6)c6ccccc6n7-c6ccccc6)c5nc43)=C1)c1ccccc1N2c1ccccc1. The molecule has 7 aromatic carbocycles. The van der Waals surface area contributed by atoms with E-state index in [4.69, 9.17) is 4.98 Å². The van der Waals surface area contributed by atoms with Crippen molar-refractivity contribution in [1.82, 2.24) is 18.7 Å². The van der Waals surface area contributed by atoms with Crippen molar-refractivity contribution in [2.45, 2.75) is 12.3 Å². The van der Waals surface area contributed by atoms with E-state index in [-0.39, 0.29) is 5.92 Å². The van der Waals surface area contributed by atoms with E-state index in [1.54, 1.807) is 0 Å². The smallest absolute Gasteiger partial charge is 0.148 e. The molecule has 272 valence electrons. The third-order valence-electron chi connectivity index (χ3n) is 12.5. The number of fused-ring (bicyclic) bond motifs is 12. The number of anilines is 2. The molecule has 0 saturated carbocycles. The maximum Gasteiger partial charge on any atom is 0.148 e. The molecule has 0 amide bonds. The zero-order chi connectivity index (χ0) is 37.9. The summed E-state index contributed by atoms with van der Waals surface area (Å²) in [5, 5.41) is 7.18. The second kappa shape index (κ2) is 11.9. The Bertz CT molecular complexity index is 3540. The van der Waals surface area contributed by atoms with Crippen LogP contribution in [0, 0.1) is 0 Å². The number of aromatic nitrogens is 4. The number of rotatable bonds is 4. The predicted molar refractivity (Wildman–Crippen MR) is 241 cm³/mol. The molecule has 11 aromatic rings. The molecule has 1 aliphatic heterocycles. The fourth-order valence-electron chi connectivity index (χ4n) is 10.1. The summed E-state index contributed by atoms with van der Waals surface area (Å²) in [4.78, 5) is 8.18. The highest BCUT2D eigenvalue weighted by Gasteiger charge is 2.37. The number of allylic oxidation sites excluding steroid dienone is 4. The summed E-state index contributed by atoms with van der Waals surface area (Å²) in [6.45, 7) is 0. The average molecular weight is 742 g/mol. The third-order valence-corrected chi connectivity index (χ3v) is 12.5. The van der Waals surface area contributed by atoms with E-state index in [0.29, 0.717) is 0 Å². The largest absolute Gasteiger partial charge is 0.313 e. The molecule has 0 radical (unpaired) electrons. The van der Waals surface area contributed by atoms with Crippen LogP contribution in [0.25, 0.3) is 82.8 Å². The first-order valence-corrected chi connectivity index (χ1v) is 20.1. The van der Waals surface area contributed by atoms with Gasteiger partial charge in [0.25, 0.3) is 0 Å². The molecule has 5 nitrogen and oxygen atoms in total. The molecule has 0 spiro atoms. The molecular weight excluding hydrogens is 707 g/mol. The minimum Gasteiger partial charge on any atom is -0.313 e. The normalized spacial score (nSPS) is 15.2. The minimum atomic E-state index is 0.229. The summed E-state index contributed by atoms with van der Waals surface area (Å²) in [5.74, 6) is 0.229. The maximum atomic E-state index is 5.74. The number of pyridine rings is 1. The topological polar surface area (TPSA) is 30.9 Å². The highest BCUT2D eigenvalue weighted by atomic mass is 15.2. The number of para-hydroxylation sites is 6. The lowest BCUT2D eigenvalue weighted by molar-refractivity contribution is 0.805. The summed E-state index contributed by atoms with van der Waals surface area (Å²) in [6, 6.07) is 65.9. The van der Waals surface area contributed by atoms with Gasteiger partial charge in [-0.15, -0.1) is 0 Å². The summed E-state index contributed by atoms with van der Waals surface area (Å²) < 4.78 is 7.18. The van der Waals surface area contributed by atoms with Crippen molar-refractivity contribution < 1.29 is 0 Å². The Labute approximate surface area is 334 Å². The van der Waals surface area contributed by atoms with Crippen LogP contribution in [0.1, 0.15) is 17.9 Å². The standard InChI is InChI=1S/C53H35N5/c1-3-15-34(16-4-1)55-46-23-11-7-19-38(46)42-31-36(27-29-50(42)55)57-48-25-13-9-21-40(48)44-33-45-41-22-10-14-26-49(41)58(53(45)54-52(44)57)37-28-30-51-43(32-37)39-20-8-12-24-47(39)56(51)35-17-5-2-6-18-35/h1-31,33,43H,32H2. The number of benzene rings is 7. The molecule has 0 bridgehead atoms. The minimum absolute atomic E-state index is 0.229. The van der Waals surface area contributed by atoms with Crippen molar-refractivity contribution in [2.75, 3.05) is 4.90 Å². The van der Waals surface area contributed by atoms with E-state index in [0.717, 1.165) is 40.0 Å². The van der Waals surface area contributed by atoms with Crippen LogP contribution in [0.2, 0.25) is 0 Å². The lowest BCUT2D eigenvalue weighted by atomic mass is 9.90. The van der Waals surface area contributed by atoms with Crippen LogP contribution in [0.4, 0.5) is 11.4 Å². The fraction of sp³-hybridized carbons (Fsp3) is 0.0377. The van der Waals surface area contributed by atoms with Crippen LogP contribution in [0.3, 0.4) is 0 Å². The molecule has 4 aromatic heterocycles. The molecule has 0 saturated heterocycles. The monoisotopic (exact) mass is 741 g/mol. The first kappa shape index (κ1) is 31.6. The lowest BCUT2D eigenvalue weighted by Crippen LogP contribution is -2.16. The molecule has 5 heteroatoms. The lowest BCUT2D eigenvalue weighted by Gasteiger charge is -2.27. The molecule has 1 unspecified atom stereocenters. The Morgan fingerprint density at radius 3 is 1.67 bits per heavy atom. The van der Waals surface area contributed by atoms with Gasteiger partial charge in [-0.05, 0) is 90.5 Å². The van der Waals surface area contributed by atoms with E-state index in [1.165, 1.54) is 71.8 Å². The van der Waals surface area contributed by atoms with Crippen molar-refractivity contribution in [3.8, 4) is 11.4 Å². The number of hydrogen-bond acceptors (Lipinski definition) is 2. The van der Waals surface area contributed by atoms with Crippen molar-refractivity contribution in [3.63, 3.8) is 0 Å². The molecule has 1 atom stereocenters. The Hall–Kier alpha value is -7.63. The first-order valence-electron chi connectivity index (χ1n) is 20.1. The maximum absolute atomic E-state index is 5.74. The summed E-state index contributed by atoms with van der Waals surface area (Å²) in [5.41, 5.74) is 15.3. The average Bonchev–Trinajstić information content (AvgIpc) is 4.00. The van der Waals surface area contributed by atoms with Crippen LogP contribution >= 0.6 is 0 Å². The third kappa shape index (κ3) is 4.33. The number of nitrogens with zero attached hydrogens (tertiary/aromatic N) is 5. The Morgan fingerprint density at radius 2 is 0.948 bits per heavy atom. The van der Waals surface area contributed by atoms with Crippen molar-refractivity contribution in [2.24, 2.45) is 0 Å². The van der Waals surface area contributed by atoms with Gasteiger partial charge >= 0.3 is 0 Å². The Kier molecular flexibility index (Phi) is 6.50. The van der Waals surface area contributed by atoms with Gasteiger partial charge in [-0.1, -0.05) is 109 Å². The Morgan fingerprint density at radius 1 is 0.397 bits per heavy atom. The van der Waals surface area contributed by atoms with Crippen LogP contribution in [0.5, 0.6) is 0 Å². The quantitative estimate of drug-likeness (QED) is 0.180. The van der Waals surface area contributed by atoms with Gasteiger partial charge in [0, 0.05) is 78.8 Å². The van der Waals surface area contributed by atoms with Crippen LogP contribution in [-0.4, -0.2) is 18.7 Å². The molecule has 0 N–H and O–H groups in total. The summed E-state index contributed by atoms with van der Waals surface area (Å²) >= 11 is 0. The zero-order valence-electron chi connectivity index (χ0n) is 31.5. The van der Waals surface area contributed by atoms with Gasteiger partial charge in [0.2, 0.25) is 0 Å². The molecule has 5 heterocycles. The van der Waals surface area contributed by atoms with Crippen LogP contribution in [0.15, 0.2) is 200 Å². The zero-order valence-corrected chi connectivity index (χ0v) is 31.5. The van der Waals surface area contributed by atoms with Crippen molar-refractivity contribution in [1.29, 1.82) is 0 Å². The highest BCUT2D eigenvalue weighted by molar-refractivity contribution is 6.17. The van der Waals surface area contributed by atoms with Gasteiger partial charge in [0.15, 0.2) is 0 Å². The van der Waals surface area contributed by atoms with E-state index in [9.17, 15) is 0 Å². The molecule has 13 rings (SSSR count). The van der Waals surface area contributed by atoms with Crippen molar-refractivity contribution >= 4 is 82.8 Å². The predicted octanol–water partition coefficient (Wildman–Crippen LogP) is 13.4. The van der Waals surface area contributed by atoms with E-state index in [2.05, 4.69) is 213 Å². The van der Waals surface area contributed by atoms with Crippen molar-refractivity contribution in [3.05, 3.63) is 205 Å². The summed E-state index contributed by atoms with van der Waals surface area (Å²) in [6.07, 6.45) is 5.54. The second-order valence-electron chi connectivity index (χ2n) is 15.6. The molecule has 1 aliphatic carbocycles. The van der Waals surface area contributed by atoms with E-state index in [1.807, 2.05) is 0 Å². The molecule has 0 fully saturated rings. The molecular formula is C53H35N5. The number of hydrogen-bond donors (Lipinski definition) is 0. The van der Waals surface area contributed by atoms with Gasteiger partial charge in [0.1, 0.15) is 11.3 Å². The molecule has 2 aliphatic rings. The van der Waals surface area contributed by atoms with E-state index < -0.39 is 0 Å². The van der Waals surface area contributed by atoms with Gasteiger partial charge in [0.05, 0.1) is 22.1 Å². The first-order chi connectivity index (χ1) is 28.8. The fourth-order valence-corrected chi connectivity index (χ4v) is 10.1. The molecule has 58 heavy (non-hydrogen) atoms. The van der Waals surface area contributed by atoms with Crippen LogP contribution in [-0.2, 0) is 0 Å². The van der Waals surface area contributed by atoms with Gasteiger partial charge in [-0.2, -0.15) is 0 Å². The van der Waals surface area contributed by atoms with Crippen LogP contribution < -0.4 is 4.90 Å². The highest BCUT2D eigenvalue weighted by Crippen LogP contribution is 2.52. The van der Waals surface area contributed by atoms with Gasteiger partial charge in [-0.3, -0.25) is 9.13 Å². The van der Waals surface area contributed by atoms with Gasteiger partial charge < -0.3 is 9.47 Å². The summed E-state index contributed by atoms with van der Waals surface area (Å²) in [7, 11) is 0. The van der Waals surface area contributed by atoms with E-state index >= 15 is 0 Å².